The monoisotopic (exact) mass is 572 g/mol. The predicted molar refractivity (Wildman–Crippen MR) is 148 cm³/mol. The van der Waals surface area contributed by atoms with Gasteiger partial charge in [0.1, 0.15) is 17.5 Å². The van der Waals surface area contributed by atoms with Crippen LogP contribution >= 0.6 is 0 Å². The maximum absolute atomic E-state index is 14.2. The summed E-state index contributed by atoms with van der Waals surface area (Å²) < 4.78 is 56.1. The van der Waals surface area contributed by atoms with Crippen LogP contribution in [0.2, 0.25) is 0 Å². The number of aromatic amines is 1. The zero-order valence-electron chi connectivity index (χ0n) is 22.6. The molecule has 3 aromatic rings. The number of aromatic nitrogens is 2. The average molecular weight is 573 g/mol. The van der Waals surface area contributed by atoms with Crippen LogP contribution in [0.5, 0.6) is 0 Å². The fourth-order valence-corrected chi connectivity index (χ4v) is 6.37. The lowest BCUT2D eigenvalue weighted by Crippen LogP contribution is -2.48. The summed E-state index contributed by atoms with van der Waals surface area (Å²) in [6.07, 6.45) is 3.74. The summed E-state index contributed by atoms with van der Waals surface area (Å²) in [4.78, 5) is 35.6. The summed E-state index contributed by atoms with van der Waals surface area (Å²) >= 11 is 0. The molecule has 0 bridgehead atoms. The van der Waals surface area contributed by atoms with Gasteiger partial charge in [0, 0.05) is 36.6 Å². The van der Waals surface area contributed by atoms with Crippen molar-refractivity contribution >= 4 is 21.7 Å². The van der Waals surface area contributed by atoms with Gasteiger partial charge < -0.3 is 9.88 Å². The Morgan fingerprint density at radius 2 is 1.88 bits per heavy atom. The quantitative estimate of drug-likeness (QED) is 0.346. The second-order valence-electron chi connectivity index (χ2n) is 10.4. The number of nitrogens with one attached hydrogen (secondary N) is 2. The second-order valence-corrected chi connectivity index (χ2v) is 12.2. The van der Waals surface area contributed by atoms with E-state index in [0.29, 0.717) is 23.6 Å². The number of Topliss-reactive ketones (excluding diaryl/α,β-unsaturated/α-hetero) is 1. The van der Waals surface area contributed by atoms with Gasteiger partial charge in [0.05, 0.1) is 30.1 Å². The van der Waals surface area contributed by atoms with E-state index in [9.17, 15) is 26.8 Å². The van der Waals surface area contributed by atoms with E-state index in [4.69, 9.17) is 0 Å². The Kier molecular flexibility index (Phi) is 9.47. The fourth-order valence-electron chi connectivity index (χ4n) is 5.01. The molecule has 2 heterocycles. The third kappa shape index (κ3) is 7.60. The van der Waals surface area contributed by atoms with E-state index in [1.165, 1.54) is 12.3 Å². The minimum Gasteiger partial charge on any atom is -0.342 e. The maximum Gasteiger partial charge on any atom is 0.224 e. The maximum atomic E-state index is 14.2. The van der Waals surface area contributed by atoms with Crippen LogP contribution in [0, 0.1) is 11.6 Å². The van der Waals surface area contributed by atoms with E-state index in [-0.39, 0.29) is 36.1 Å². The molecule has 2 aromatic carbocycles. The highest BCUT2D eigenvalue weighted by Gasteiger charge is 2.32. The zero-order valence-corrected chi connectivity index (χ0v) is 23.4. The summed E-state index contributed by atoms with van der Waals surface area (Å²) in [5.74, 6) is -2.61. The van der Waals surface area contributed by atoms with Crippen molar-refractivity contribution in [3.05, 3.63) is 77.8 Å². The van der Waals surface area contributed by atoms with Crippen LogP contribution in [-0.2, 0) is 25.4 Å². The van der Waals surface area contributed by atoms with Crippen LogP contribution in [-0.4, -0.2) is 53.6 Å². The molecule has 1 saturated heterocycles. The molecule has 1 aliphatic heterocycles. The number of likely N-dealkylation sites (tertiary alicyclic amines) is 1. The number of halogens is 2. The van der Waals surface area contributed by atoms with Gasteiger partial charge in [-0.25, -0.2) is 26.9 Å². The molecule has 11 heteroatoms. The van der Waals surface area contributed by atoms with Gasteiger partial charge in [-0.1, -0.05) is 37.3 Å². The Balaban J connectivity index is 1.50. The number of imidazole rings is 1. The van der Waals surface area contributed by atoms with Crippen molar-refractivity contribution in [2.75, 3.05) is 6.54 Å². The fraction of sp³-hybridized carbons (Fsp3) is 0.414. The first-order valence-corrected chi connectivity index (χ1v) is 15.0. The van der Waals surface area contributed by atoms with Crippen LogP contribution in [0.1, 0.15) is 63.3 Å². The van der Waals surface area contributed by atoms with Crippen LogP contribution < -0.4 is 4.72 Å². The van der Waals surface area contributed by atoms with Gasteiger partial charge in [0.2, 0.25) is 15.9 Å². The Morgan fingerprint density at radius 1 is 1.12 bits per heavy atom. The molecule has 40 heavy (non-hydrogen) atoms. The topological polar surface area (TPSA) is 112 Å². The molecule has 0 aliphatic carbocycles. The van der Waals surface area contributed by atoms with Crippen molar-refractivity contribution < 1.29 is 26.8 Å². The van der Waals surface area contributed by atoms with Crippen molar-refractivity contribution in [2.45, 2.75) is 69.7 Å². The van der Waals surface area contributed by atoms with Crippen molar-refractivity contribution in [1.82, 2.24) is 19.6 Å². The van der Waals surface area contributed by atoms with Gasteiger partial charge in [0.15, 0.2) is 5.78 Å². The SMILES string of the molecule is C[C@H](CC(=O)[C@H](CC(=O)N1CCCC[C@@H]1C)NS(=O)(=O)Cc1ccccc1)c1ncc(-c2ccc(F)cc2F)[nH]1. The van der Waals surface area contributed by atoms with Gasteiger partial charge >= 0.3 is 0 Å². The number of hydrogen-bond donors (Lipinski definition) is 2. The van der Waals surface area contributed by atoms with Gasteiger partial charge in [0.25, 0.3) is 0 Å². The molecule has 1 aliphatic rings. The largest absolute Gasteiger partial charge is 0.342 e. The first kappa shape index (κ1) is 29.5. The van der Waals surface area contributed by atoms with Crippen LogP contribution in [0.25, 0.3) is 11.3 Å². The zero-order chi connectivity index (χ0) is 28.9. The van der Waals surface area contributed by atoms with Crippen LogP contribution in [0.3, 0.4) is 0 Å². The van der Waals surface area contributed by atoms with E-state index in [0.717, 1.165) is 31.4 Å². The minimum atomic E-state index is -3.95. The molecule has 214 valence electrons. The van der Waals surface area contributed by atoms with E-state index in [1.54, 1.807) is 42.2 Å². The number of sulfonamides is 1. The highest BCUT2D eigenvalue weighted by molar-refractivity contribution is 7.88. The van der Waals surface area contributed by atoms with E-state index in [2.05, 4.69) is 14.7 Å². The number of piperidine rings is 1. The normalized spacial score (nSPS) is 17.4. The number of amides is 1. The molecule has 1 aromatic heterocycles. The van der Waals surface area contributed by atoms with Crippen LogP contribution in [0.15, 0.2) is 54.7 Å². The molecule has 0 spiro atoms. The minimum absolute atomic E-state index is 0.0187. The molecule has 4 rings (SSSR count). The first-order chi connectivity index (χ1) is 19.0. The second kappa shape index (κ2) is 12.8. The Morgan fingerprint density at radius 3 is 2.58 bits per heavy atom. The smallest absolute Gasteiger partial charge is 0.224 e. The number of benzene rings is 2. The molecule has 1 amide bonds. The molecule has 2 N–H and O–H groups in total. The third-order valence-electron chi connectivity index (χ3n) is 7.20. The van der Waals surface area contributed by atoms with Gasteiger partial charge in [-0.2, -0.15) is 0 Å². The lowest BCUT2D eigenvalue weighted by Gasteiger charge is -2.34. The number of H-pyrrole nitrogens is 1. The molecule has 0 radical (unpaired) electrons. The van der Waals surface area contributed by atoms with Crippen LogP contribution in [0.4, 0.5) is 8.78 Å². The lowest BCUT2D eigenvalue weighted by molar-refractivity contribution is -0.137. The lowest BCUT2D eigenvalue weighted by atomic mass is 9.97. The van der Waals surface area contributed by atoms with Gasteiger partial charge in [-0.05, 0) is 43.9 Å². The summed E-state index contributed by atoms with van der Waals surface area (Å²) in [5.41, 5.74) is 1.01. The molecule has 8 nitrogen and oxygen atoms in total. The third-order valence-corrected chi connectivity index (χ3v) is 8.56. The van der Waals surface area contributed by atoms with Crippen molar-refractivity contribution in [2.24, 2.45) is 0 Å². The molecule has 1 fully saturated rings. The molecule has 0 unspecified atom stereocenters. The number of rotatable bonds is 11. The van der Waals surface area contributed by atoms with Gasteiger partial charge in [-0.3, -0.25) is 9.59 Å². The summed E-state index contributed by atoms with van der Waals surface area (Å²) in [5, 5.41) is 0. The van der Waals surface area contributed by atoms with Gasteiger partial charge in [-0.15, -0.1) is 0 Å². The summed E-state index contributed by atoms with van der Waals surface area (Å²) in [6.45, 7) is 4.25. The first-order valence-electron chi connectivity index (χ1n) is 13.4. The predicted octanol–water partition coefficient (Wildman–Crippen LogP) is 4.70. The van der Waals surface area contributed by atoms with Crippen molar-refractivity contribution in [3.63, 3.8) is 0 Å². The number of ketones is 1. The summed E-state index contributed by atoms with van der Waals surface area (Å²) in [6, 6.07) is 10.6. The Hall–Kier alpha value is -3.44. The van der Waals surface area contributed by atoms with E-state index < -0.39 is 39.4 Å². The number of nitrogens with zero attached hydrogens (tertiary/aromatic N) is 2. The Bertz CT molecular complexity index is 1450. The van der Waals surface area contributed by atoms with Crippen molar-refractivity contribution in [1.29, 1.82) is 0 Å². The molecular formula is C29H34F2N4O4S. The van der Waals surface area contributed by atoms with Crippen molar-refractivity contribution in [3.8, 4) is 11.3 Å². The van der Waals surface area contributed by atoms with E-state index in [1.807, 2.05) is 6.92 Å². The Labute approximate surface area is 233 Å². The number of hydrogen-bond acceptors (Lipinski definition) is 5. The highest BCUT2D eigenvalue weighted by atomic mass is 32.2. The van der Waals surface area contributed by atoms with E-state index >= 15 is 0 Å². The number of carbonyl (C=O) groups is 2. The summed E-state index contributed by atoms with van der Waals surface area (Å²) in [7, 11) is -3.95. The molecule has 3 atom stereocenters. The molecular weight excluding hydrogens is 538 g/mol. The standard InChI is InChI=1S/C29H34F2N4O4S/c1-19(29-32-17-26(33-29)23-12-11-22(30)15-24(23)31)14-27(36)25(16-28(37)35-13-7-6-8-20(35)2)34-40(38,39)18-21-9-4-3-5-10-21/h3-5,9-12,15,17,19-20,25,34H,6-8,13-14,16,18H2,1-2H3,(H,32,33)/t19-,20+,25+/m1/s1. The molecule has 0 saturated carbocycles. The highest BCUT2D eigenvalue weighted by Crippen LogP contribution is 2.26. The number of carbonyl (C=O) groups excluding carboxylic acids is 2. The average Bonchev–Trinajstić information content (AvgIpc) is 3.39.